The van der Waals surface area contributed by atoms with Crippen LogP contribution in [0.15, 0.2) is 0 Å². The summed E-state index contributed by atoms with van der Waals surface area (Å²) >= 11 is 0. The SMILES string of the molecule is CC1CCC(C2CCC(C3CCC(C4CCC(C)CC4)CC3P)CC2)CC1. The minimum atomic E-state index is 0.931. The standard InChI is InChI=1S/C26H47P/c1-18-3-7-20(8-4-18)21-11-13-23(14-12-21)25-16-15-24(17-26(25)27)22-9-5-19(2)6-10-22/h18-26H,3-17,27H2,1-2H3. The molecule has 0 radical (unpaired) electrons. The van der Waals surface area contributed by atoms with Gasteiger partial charge in [0.2, 0.25) is 0 Å². The summed E-state index contributed by atoms with van der Waals surface area (Å²) in [7, 11) is 3.33. The lowest BCUT2D eigenvalue weighted by Gasteiger charge is -2.45. The lowest BCUT2D eigenvalue weighted by Crippen LogP contribution is -2.36. The van der Waals surface area contributed by atoms with E-state index in [0.717, 1.165) is 53.0 Å². The van der Waals surface area contributed by atoms with E-state index >= 15 is 0 Å². The van der Waals surface area contributed by atoms with Crippen molar-refractivity contribution in [1.82, 2.24) is 0 Å². The molecule has 0 aromatic heterocycles. The van der Waals surface area contributed by atoms with Gasteiger partial charge in [-0.1, -0.05) is 39.5 Å². The first kappa shape index (κ1) is 20.7. The van der Waals surface area contributed by atoms with E-state index in [4.69, 9.17) is 0 Å². The van der Waals surface area contributed by atoms with Crippen molar-refractivity contribution in [3.8, 4) is 0 Å². The fourth-order valence-corrected chi connectivity index (χ4v) is 8.69. The van der Waals surface area contributed by atoms with Gasteiger partial charge in [-0.3, -0.25) is 0 Å². The lowest BCUT2D eigenvalue weighted by atomic mass is 9.63. The van der Waals surface area contributed by atoms with E-state index in [2.05, 4.69) is 23.1 Å². The molecule has 4 aliphatic rings. The molecule has 0 aromatic rings. The Morgan fingerprint density at radius 1 is 0.444 bits per heavy atom. The van der Waals surface area contributed by atoms with E-state index in [1.54, 1.807) is 64.2 Å². The summed E-state index contributed by atoms with van der Waals surface area (Å²) < 4.78 is 0. The molecule has 156 valence electrons. The van der Waals surface area contributed by atoms with E-state index in [1.807, 2.05) is 0 Å². The van der Waals surface area contributed by atoms with Gasteiger partial charge in [0.05, 0.1) is 0 Å². The maximum absolute atomic E-state index is 3.33. The van der Waals surface area contributed by atoms with Gasteiger partial charge < -0.3 is 0 Å². The molecular formula is C26H47P. The van der Waals surface area contributed by atoms with Crippen molar-refractivity contribution in [3.05, 3.63) is 0 Å². The van der Waals surface area contributed by atoms with Gasteiger partial charge in [0.1, 0.15) is 0 Å². The molecule has 4 saturated carbocycles. The Kier molecular flexibility index (Phi) is 7.28. The normalized spacial score (nSPS) is 49.7. The topological polar surface area (TPSA) is 0 Å². The van der Waals surface area contributed by atoms with Crippen LogP contribution in [0.5, 0.6) is 0 Å². The van der Waals surface area contributed by atoms with Gasteiger partial charge >= 0.3 is 0 Å². The summed E-state index contributed by atoms with van der Waals surface area (Å²) in [6, 6.07) is 0. The van der Waals surface area contributed by atoms with Crippen LogP contribution < -0.4 is 0 Å². The van der Waals surface area contributed by atoms with Gasteiger partial charge in [0.25, 0.3) is 0 Å². The van der Waals surface area contributed by atoms with Crippen LogP contribution in [-0.2, 0) is 0 Å². The molecule has 4 atom stereocenters. The van der Waals surface area contributed by atoms with Crippen LogP contribution in [0.4, 0.5) is 0 Å². The molecule has 0 N–H and O–H groups in total. The van der Waals surface area contributed by atoms with E-state index in [-0.39, 0.29) is 0 Å². The third-order valence-electron chi connectivity index (χ3n) is 9.87. The van der Waals surface area contributed by atoms with Gasteiger partial charge in [-0.05, 0) is 124 Å². The van der Waals surface area contributed by atoms with Gasteiger partial charge in [0.15, 0.2) is 0 Å². The average Bonchev–Trinajstić information content (AvgIpc) is 2.69. The van der Waals surface area contributed by atoms with Crippen molar-refractivity contribution in [2.24, 2.45) is 47.3 Å². The number of hydrogen-bond acceptors (Lipinski definition) is 0. The predicted octanol–water partition coefficient (Wildman–Crippen LogP) is 8.11. The molecule has 0 aliphatic heterocycles. The average molecular weight is 391 g/mol. The summed E-state index contributed by atoms with van der Waals surface area (Å²) in [6.45, 7) is 4.94. The minimum absolute atomic E-state index is 0.931. The van der Waals surface area contributed by atoms with E-state index in [9.17, 15) is 0 Å². The minimum Gasteiger partial charge on any atom is -0.134 e. The molecule has 0 amide bonds. The van der Waals surface area contributed by atoms with E-state index in [1.165, 1.54) is 32.1 Å². The second-order valence-electron chi connectivity index (χ2n) is 11.6. The first-order chi connectivity index (χ1) is 13.1. The molecular weight excluding hydrogens is 343 g/mol. The molecule has 4 rings (SSSR count). The van der Waals surface area contributed by atoms with Crippen molar-refractivity contribution in [2.75, 3.05) is 0 Å². The summed E-state index contributed by atoms with van der Waals surface area (Å²) in [5.41, 5.74) is 0.931. The largest absolute Gasteiger partial charge is 0.134 e. The maximum Gasteiger partial charge on any atom is -0.0230 e. The zero-order valence-corrected chi connectivity index (χ0v) is 19.5. The Labute approximate surface area is 172 Å². The van der Waals surface area contributed by atoms with Crippen LogP contribution in [-0.4, -0.2) is 5.66 Å². The Hall–Kier alpha value is 0.430. The van der Waals surface area contributed by atoms with Crippen LogP contribution in [0.25, 0.3) is 0 Å². The van der Waals surface area contributed by atoms with Gasteiger partial charge in [-0.15, -0.1) is 9.24 Å². The Morgan fingerprint density at radius 3 is 1.30 bits per heavy atom. The third kappa shape index (κ3) is 5.13. The molecule has 0 saturated heterocycles. The second-order valence-corrected chi connectivity index (χ2v) is 12.5. The highest BCUT2D eigenvalue weighted by molar-refractivity contribution is 7.17. The quantitative estimate of drug-likeness (QED) is 0.427. The first-order valence-electron chi connectivity index (χ1n) is 12.9. The summed E-state index contributed by atoms with van der Waals surface area (Å²) in [4.78, 5) is 0. The Morgan fingerprint density at radius 2 is 0.815 bits per heavy atom. The third-order valence-corrected chi connectivity index (χ3v) is 10.6. The zero-order chi connectivity index (χ0) is 18.8. The fraction of sp³-hybridized carbons (Fsp3) is 1.00. The first-order valence-corrected chi connectivity index (χ1v) is 13.5. The highest BCUT2D eigenvalue weighted by Crippen LogP contribution is 2.49. The monoisotopic (exact) mass is 390 g/mol. The molecule has 1 heteroatoms. The van der Waals surface area contributed by atoms with Crippen LogP contribution in [0.2, 0.25) is 0 Å². The predicted molar refractivity (Wildman–Crippen MR) is 122 cm³/mol. The highest BCUT2D eigenvalue weighted by Gasteiger charge is 2.39. The number of rotatable bonds is 3. The lowest BCUT2D eigenvalue weighted by molar-refractivity contribution is 0.0915. The molecule has 4 fully saturated rings. The highest BCUT2D eigenvalue weighted by atomic mass is 31.0. The smallest absolute Gasteiger partial charge is 0.0230 e. The summed E-state index contributed by atoms with van der Waals surface area (Å²) in [5, 5.41) is 0. The molecule has 0 aromatic carbocycles. The van der Waals surface area contributed by atoms with Crippen molar-refractivity contribution < 1.29 is 0 Å². The van der Waals surface area contributed by atoms with Crippen LogP contribution in [0.1, 0.15) is 110 Å². The summed E-state index contributed by atoms with van der Waals surface area (Å²) in [6.07, 6.45) is 23.2. The zero-order valence-electron chi connectivity index (χ0n) is 18.4. The Bertz CT molecular complexity index is 435. The van der Waals surface area contributed by atoms with Crippen LogP contribution >= 0.6 is 9.24 Å². The molecule has 0 bridgehead atoms. The van der Waals surface area contributed by atoms with Crippen molar-refractivity contribution in [3.63, 3.8) is 0 Å². The molecule has 0 heterocycles. The van der Waals surface area contributed by atoms with Crippen molar-refractivity contribution >= 4 is 9.24 Å². The van der Waals surface area contributed by atoms with Gasteiger partial charge in [-0.25, -0.2) is 0 Å². The van der Waals surface area contributed by atoms with Gasteiger partial charge in [0, 0.05) is 0 Å². The fourth-order valence-electron chi connectivity index (χ4n) is 7.84. The molecule has 4 unspecified atom stereocenters. The summed E-state index contributed by atoms with van der Waals surface area (Å²) in [5.74, 6) is 8.46. The maximum atomic E-state index is 3.33. The van der Waals surface area contributed by atoms with E-state index in [0.29, 0.717) is 0 Å². The van der Waals surface area contributed by atoms with Crippen LogP contribution in [0, 0.1) is 47.3 Å². The van der Waals surface area contributed by atoms with Crippen molar-refractivity contribution in [1.29, 1.82) is 0 Å². The second kappa shape index (κ2) is 9.49. The molecule has 4 aliphatic carbocycles. The molecule has 0 spiro atoms. The molecule has 0 nitrogen and oxygen atoms in total. The van der Waals surface area contributed by atoms with Crippen molar-refractivity contribution in [2.45, 2.75) is 116 Å². The van der Waals surface area contributed by atoms with Gasteiger partial charge in [-0.2, -0.15) is 0 Å². The Balaban J connectivity index is 1.22. The molecule has 27 heavy (non-hydrogen) atoms. The van der Waals surface area contributed by atoms with Crippen LogP contribution in [0.3, 0.4) is 0 Å². The number of hydrogen-bond donors (Lipinski definition) is 0. The van der Waals surface area contributed by atoms with E-state index < -0.39 is 0 Å².